The smallest absolute Gasteiger partial charge is 0.301 e. The number of pyridine rings is 1. The van der Waals surface area contributed by atoms with Crippen molar-refractivity contribution in [3.63, 3.8) is 0 Å². The summed E-state index contributed by atoms with van der Waals surface area (Å²) in [6.07, 6.45) is -9.32. The molecule has 0 fully saturated rings. The van der Waals surface area contributed by atoms with E-state index in [1.165, 1.54) is 18.3 Å². The van der Waals surface area contributed by atoms with E-state index < -0.39 is 36.2 Å². The van der Waals surface area contributed by atoms with Gasteiger partial charge in [-0.15, -0.1) is 0 Å². The van der Waals surface area contributed by atoms with Crippen molar-refractivity contribution < 1.29 is 30.7 Å². The molecule has 28 heavy (non-hydrogen) atoms. The minimum Gasteiger partial charge on any atom is -0.301 e. The standard InChI is InChI=1S/C18H14ClF7N2/c1-10(7-17(21,22)23)8-28-16(15-3-2-13(19)9-27-15)11-4-12(18(24,25)26)6-14(20)5-11/h2-6,9,16,28H,1,7-8H2/t16-/m0/s1. The number of rotatable bonds is 6. The van der Waals surface area contributed by atoms with Crippen LogP contribution in [0, 0.1) is 5.82 Å². The van der Waals surface area contributed by atoms with Gasteiger partial charge < -0.3 is 5.32 Å². The lowest BCUT2D eigenvalue weighted by molar-refractivity contribution is -0.137. The molecule has 0 radical (unpaired) electrons. The molecular weight excluding hydrogens is 413 g/mol. The van der Waals surface area contributed by atoms with Gasteiger partial charge in [-0.25, -0.2) is 4.39 Å². The monoisotopic (exact) mass is 426 g/mol. The Morgan fingerprint density at radius 1 is 1.11 bits per heavy atom. The maximum atomic E-state index is 13.8. The Bertz CT molecular complexity index is 829. The zero-order valence-electron chi connectivity index (χ0n) is 14.1. The van der Waals surface area contributed by atoms with Gasteiger partial charge in [0.15, 0.2) is 0 Å². The van der Waals surface area contributed by atoms with Crippen molar-refractivity contribution >= 4 is 11.6 Å². The van der Waals surface area contributed by atoms with Crippen LogP contribution in [0.2, 0.25) is 5.02 Å². The summed E-state index contributed by atoms with van der Waals surface area (Å²) >= 11 is 5.74. The molecule has 2 aromatic rings. The molecule has 0 amide bonds. The Morgan fingerprint density at radius 2 is 1.79 bits per heavy atom. The molecule has 1 aromatic carbocycles. The molecule has 0 bridgehead atoms. The van der Waals surface area contributed by atoms with Crippen molar-refractivity contribution in [1.29, 1.82) is 0 Å². The molecule has 0 saturated carbocycles. The van der Waals surface area contributed by atoms with Gasteiger partial charge in [0.25, 0.3) is 0 Å². The summed E-state index contributed by atoms with van der Waals surface area (Å²) < 4.78 is 90.2. The van der Waals surface area contributed by atoms with Crippen LogP contribution in [0.15, 0.2) is 48.7 Å². The normalized spacial score (nSPS) is 13.4. The van der Waals surface area contributed by atoms with Gasteiger partial charge in [-0.2, -0.15) is 26.3 Å². The van der Waals surface area contributed by atoms with E-state index in [-0.39, 0.29) is 28.4 Å². The van der Waals surface area contributed by atoms with E-state index in [1.54, 1.807) is 0 Å². The first kappa shape index (κ1) is 22.2. The maximum Gasteiger partial charge on any atom is 0.416 e. The van der Waals surface area contributed by atoms with E-state index >= 15 is 0 Å². The van der Waals surface area contributed by atoms with Crippen molar-refractivity contribution in [3.05, 3.63) is 76.3 Å². The van der Waals surface area contributed by atoms with Crippen LogP contribution < -0.4 is 5.32 Å². The zero-order valence-corrected chi connectivity index (χ0v) is 14.9. The first-order chi connectivity index (χ1) is 12.8. The first-order valence-corrected chi connectivity index (χ1v) is 8.19. The lowest BCUT2D eigenvalue weighted by Crippen LogP contribution is -2.27. The highest BCUT2D eigenvalue weighted by molar-refractivity contribution is 6.30. The third kappa shape index (κ3) is 6.49. The molecule has 0 unspecified atom stereocenters. The Balaban J connectivity index is 2.38. The number of hydrogen-bond acceptors (Lipinski definition) is 2. The average Bonchev–Trinajstić information content (AvgIpc) is 2.53. The molecule has 0 aliphatic carbocycles. The molecule has 1 atom stereocenters. The lowest BCUT2D eigenvalue weighted by Gasteiger charge is -2.21. The first-order valence-electron chi connectivity index (χ1n) is 7.81. The Morgan fingerprint density at radius 3 is 2.32 bits per heavy atom. The number of nitrogens with zero attached hydrogens (tertiary/aromatic N) is 1. The third-order valence-corrected chi connectivity index (χ3v) is 3.86. The third-order valence-electron chi connectivity index (χ3n) is 3.63. The van der Waals surface area contributed by atoms with Crippen molar-refractivity contribution in [2.24, 2.45) is 0 Å². The average molecular weight is 427 g/mol. The summed E-state index contributed by atoms with van der Waals surface area (Å²) in [5.41, 5.74) is -1.46. The fourth-order valence-corrected chi connectivity index (χ4v) is 2.60. The van der Waals surface area contributed by atoms with E-state index in [4.69, 9.17) is 11.6 Å². The summed E-state index contributed by atoms with van der Waals surface area (Å²) in [6.45, 7) is 2.94. The van der Waals surface area contributed by atoms with E-state index in [1.807, 2.05) is 0 Å². The molecule has 0 aliphatic heterocycles. The molecule has 0 spiro atoms. The Kier molecular flexibility index (Phi) is 6.71. The maximum absolute atomic E-state index is 13.8. The molecule has 152 valence electrons. The predicted molar refractivity (Wildman–Crippen MR) is 90.3 cm³/mol. The molecule has 2 nitrogen and oxygen atoms in total. The van der Waals surface area contributed by atoms with Crippen LogP contribution in [0.3, 0.4) is 0 Å². The summed E-state index contributed by atoms with van der Waals surface area (Å²) in [6, 6.07) is 3.58. The highest BCUT2D eigenvalue weighted by Gasteiger charge is 2.33. The fourth-order valence-electron chi connectivity index (χ4n) is 2.49. The van der Waals surface area contributed by atoms with Gasteiger partial charge in [0.1, 0.15) is 5.82 Å². The summed E-state index contributed by atoms with van der Waals surface area (Å²) in [5, 5.41) is 2.91. The quantitative estimate of drug-likeness (QED) is 0.447. The number of benzene rings is 1. The second-order valence-corrected chi connectivity index (χ2v) is 6.46. The van der Waals surface area contributed by atoms with Crippen LogP contribution in [-0.2, 0) is 6.18 Å². The van der Waals surface area contributed by atoms with E-state index in [0.717, 1.165) is 6.07 Å². The molecule has 0 aliphatic rings. The van der Waals surface area contributed by atoms with Gasteiger partial charge in [-0.05, 0) is 35.9 Å². The lowest BCUT2D eigenvalue weighted by atomic mass is 9.99. The van der Waals surface area contributed by atoms with Crippen LogP contribution in [0.5, 0.6) is 0 Å². The van der Waals surface area contributed by atoms with E-state index in [9.17, 15) is 30.7 Å². The SMILES string of the molecule is C=C(CN[C@@H](c1cc(F)cc(C(F)(F)F)c1)c1ccc(Cl)cn1)CC(F)(F)F. The minimum atomic E-state index is -4.80. The highest BCUT2D eigenvalue weighted by Crippen LogP contribution is 2.33. The van der Waals surface area contributed by atoms with Gasteiger partial charge in [-0.3, -0.25) is 4.98 Å². The van der Waals surface area contributed by atoms with Crippen LogP contribution in [0.4, 0.5) is 30.7 Å². The highest BCUT2D eigenvalue weighted by atomic mass is 35.5. The van der Waals surface area contributed by atoms with Crippen LogP contribution in [0.1, 0.15) is 29.3 Å². The van der Waals surface area contributed by atoms with Gasteiger partial charge in [0.2, 0.25) is 0 Å². The summed E-state index contributed by atoms with van der Waals surface area (Å²) in [7, 11) is 0. The van der Waals surface area contributed by atoms with Crippen molar-refractivity contribution in [1.82, 2.24) is 10.3 Å². The van der Waals surface area contributed by atoms with Gasteiger partial charge in [0.05, 0.1) is 28.7 Å². The van der Waals surface area contributed by atoms with Crippen molar-refractivity contribution in [2.45, 2.75) is 24.8 Å². The minimum absolute atomic E-state index is 0.151. The van der Waals surface area contributed by atoms with Crippen molar-refractivity contribution in [2.75, 3.05) is 6.54 Å². The van der Waals surface area contributed by atoms with Crippen molar-refractivity contribution in [3.8, 4) is 0 Å². The number of aromatic nitrogens is 1. The molecule has 0 saturated heterocycles. The van der Waals surface area contributed by atoms with Gasteiger partial charge in [-0.1, -0.05) is 23.8 Å². The summed E-state index contributed by atoms with van der Waals surface area (Å²) in [5.74, 6) is -1.14. The number of halogens is 8. The summed E-state index contributed by atoms with van der Waals surface area (Å²) in [4.78, 5) is 3.98. The number of hydrogen-bond donors (Lipinski definition) is 1. The van der Waals surface area contributed by atoms with Gasteiger partial charge in [0, 0.05) is 12.7 Å². The van der Waals surface area contributed by atoms with E-state index in [0.29, 0.717) is 12.1 Å². The molecular formula is C18H14ClF7N2. The number of alkyl halides is 6. The van der Waals surface area contributed by atoms with E-state index in [2.05, 4.69) is 16.9 Å². The second-order valence-electron chi connectivity index (χ2n) is 6.03. The fraction of sp³-hybridized carbons (Fsp3) is 0.278. The topological polar surface area (TPSA) is 24.9 Å². The largest absolute Gasteiger partial charge is 0.416 e. The predicted octanol–water partition coefficient (Wildman–Crippen LogP) is 6.08. The second kappa shape index (κ2) is 8.48. The molecule has 1 N–H and O–H groups in total. The van der Waals surface area contributed by atoms with Crippen LogP contribution in [0.25, 0.3) is 0 Å². The molecule has 1 aromatic heterocycles. The Hall–Kier alpha value is -2.13. The zero-order chi connectivity index (χ0) is 21.1. The molecule has 2 rings (SSSR count). The molecule has 10 heteroatoms. The van der Waals surface area contributed by atoms with Crippen LogP contribution >= 0.6 is 11.6 Å². The van der Waals surface area contributed by atoms with Gasteiger partial charge >= 0.3 is 12.4 Å². The number of nitrogens with one attached hydrogen (secondary N) is 1. The molecule has 1 heterocycles. The van der Waals surface area contributed by atoms with Crippen LogP contribution in [-0.4, -0.2) is 17.7 Å². The Labute approximate surface area is 161 Å².